The van der Waals surface area contributed by atoms with Crippen LogP contribution in [0.5, 0.6) is 0 Å². The lowest BCUT2D eigenvalue weighted by Crippen LogP contribution is -1.83. The predicted molar refractivity (Wildman–Crippen MR) is 47.0 cm³/mol. The van der Waals surface area contributed by atoms with Crippen molar-refractivity contribution in [2.75, 3.05) is 0 Å². The zero-order valence-electron chi connectivity index (χ0n) is 6.73. The van der Waals surface area contributed by atoms with Crippen molar-refractivity contribution in [3.63, 3.8) is 0 Å². The van der Waals surface area contributed by atoms with E-state index in [9.17, 15) is 4.91 Å². The maximum Gasteiger partial charge on any atom is 0.164 e. The minimum Gasteiger partial charge on any atom is -0.324 e. The van der Waals surface area contributed by atoms with Crippen LogP contribution < -0.4 is 0 Å². The fourth-order valence-electron chi connectivity index (χ4n) is 0.915. The second-order valence-corrected chi connectivity index (χ2v) is 2.18. The SMILES string of the molecule is C/C=C(/ON=O)c1ccccc1. The highest BCUT2D eigenvalue weighted by atomic mass is 16.7. The fourth-order valence-corrected chi connectivity index (χ4v) is 0.915. The van der Waals surface area contributed by atoms with Gasteiger partial charge in [0.05, 0.1) is 0 Å². The number of allylic oxidation sites excluding steroid dienone is 1. The lowest BCUT2D eigenvalue weighted by Gasteiger charge is -1.99. The van der Waals surface area contributed by atoms with Crippen LogP contribution in [0, 0.1) is 4.91 Å². The summed E-state index contributed by atoms with van der Waals surface area (Å²) in [5, 5.41) is 2.36. The Morgan fingerprint density at radius 1 is 1.42 bits per heavy atom. The molecule has 62 valence electrons. The van der Waals surface area contributed by atoms with Gasteiger partial charge < -0.3 is 4.84 Å². The van der Waals surface area contributed by atoms with E-state index in [1.807, 2.05) is 30.3 Å². The van der Waals surface area contributed by atoms with Crippen LogP contribution in [0.15, 0.2) is 41.7 Å². The number of hydrogen-bond acceptors (Lipinski definition) is 3. The lowest BCUT2D eigenvalue weighted by atomic mass is 10.2. The first-order valence-electron chi connectivity index (χ1n) is 3.60. The zero-order chi connectivity index (χ0) is 8.81. The smallest absolute Gasteiger partial charge is 0.164 e. The van der Waals surface area contributed by atoms with Gasteiger partial charge in [0.2, 0.25) is 0 Å². The molecule has 1 aromatic rings. The molecule has 0 fully saturated rings. The van der Waals surface area contributed by atoms with E-state index in [2.05, 4.69) is 10.2 Å². The van der Waals surface area contributed by atoms with Gasteiger partial charge in [-0.2, -0.15) is 0 Å². The Kier molecular flexibility index (Phi) is 3.02. The zero-order valence-corrected chi connectivity index (χ0v) is 6.73. The van der Waals surface area contributed by atoms with Crippen LogP contribution in [-0.4, -0.2) is 0 Å². The monoisotopic (exact) mass is 163 g/mol. The fraction of sp³-hybridized carbons (Fsp3) is 0.111. The Hall–Kier alpha value is -1.64. The Morgan fingerprint density at radius 2 is 2.08 bits per heavy atom. The lowest BCUT2D eigenvalue weighted by molar-refractivity contribution is 0.291. The average molecular weight is 163 g/mol. The highest BCUT2D eigenvalue weighted by Gasteiger charge is 1.99. The molecule has 0 aliphatic carbocycles. The van der Waals surface area contributed by atoms with Gasteiger partial charge >= 0.3 is 0 Å². The van der Waals surface area contributed by atoms with Crippen molar-refractivity contribution in [1.29, 1.82) is 0 Å². The van der Waals surface area contributed by atoms with Crippen LogP contribution in [0.25, 0.3) is 5.76 Å². The van der Waals surface area contributed by atoms with Crippen LogP contribution in [0.1, 0.15) is 12.5 Å². The molecule has 3 nitrogen and oxygen atoms in total. The van der Waals surface area contributed by atoms with E-state index >= 15 is 0 Å². The van der Waals surface area contributed by atoms with Crippen molar-refractivity contribution in [3.8, 4) is 0 Å². The second-order valence-electron chi connectivity index (χ2n) is 2.18. The van der Waals surface area contributed by atoms with Gasteiger partial charge in [0.15, 0.2) is 11.1 Å². The van der Waals surface area contributed by atoms with Gasteiger partial charge in [0, 0.05) is 5.56 Å². The van der Waals surface area contributed by atoms with E-state index in [1.165, 1.54) is 0 Å². The summed E-state index contributed by atoms with van der Waals surface area (Å²) in [6.07, 6.45) is 1.69. The molecule has 0 aliphatic heterocycles. The van der Waals surface area contributed by atoms with E-state index in [1.54, 1.807) is 13.0 Å². The van der Waals surface area contributed by atoms with Gasteiger partial charge in [-0.05, 0) is 13.0 Å². The molecule has 0 heterocycles. The highest BCUT2D eigenvalue weighted by molar-refractivity contribution is 5.58. The molecule has 0 bridgehead atoms. The molecule has 1 rings (SSSR count). The van der Waals surface area contributed by atoms with Crippen LogP contribution in [0.4, 0.5) is 0 Å². The largest absolute Gasteiger partial charge is 0.324 e. The summed E-state index contributed by atoms with van der Waals surface area (Å²) in [5.74, 6) is 0.477. The van der Waals surface area contributed by atoms with Gasteiger partial charge in [-0.3, -0.25) is 0 Å². The number of benzene rings is 1. The third kappa shape index (κ3) is 1.92. The molecule has 12 heavy (non-hydrogen) atoms. The van der Waals surface area contributed by atoms with E-state index < -0.39 is 0 Å². The highest BCUT2D eigenvalue weighted by Crippen LogP contribution is 2.14. The van der Waals surface area contributed by atoms with Crippen molar-refractivity contribution in [2.24, 2.45) is 5.34 Å². The van der Waals surface area contributed by atoms with E-state index in [4.69, 9.17) is 0 Å². The Labute approximate surface area is 70.6 Å². The summed E-state index contributed by atoms with van der Waals surface area (Å²) in [6, 6.07) is 9.33. The summed E-state index contributed by atoms with van der Waals surface area (Å²) in [5.41, 5.74) is 0.847. The molecular formula is C9H9NO2. The first kappa shape index (κ1) is 8.46. The van der Waals surface area contributed by atoms with Crippen LogP contribution >= 0.6 is 0 Å². The number of rotatable bonds is 3. The van der Waals surface area contributed by atoms with Crippen molar-refractivity contribution >= 4 is 5.76 Å². The standard InChI is InChI=1S/C9H9NO2/c1-2-9(12-10-11)8-6-4-3-5-7-8/h2-7H,1H3/b9-2+. The Balaban J connectivity index is 2.88. The molecule has 1 aromatic carbocycles. The third-order valence-corrected chi connectivity index (χ3v) is 1.46. The van der Waals surface area contributed by atoms with E-state index in [0.717, 1.165) is 5.56 Å². The van der Waals surface area contributed by atoms with Crippen molar-refractivity contribution in [1.82, 2.24) is 0 Å². The minimum atomic E-state index is 0.477. The molecule has 0 aromatic heterocycles. The third-order valence-electron chi connectivity index (χ3n) is 1.46. The van der Waals surface area contributed by atoms with Crippen LogP contribution in [-0.2, 0) is 4.84 Å². The van der Waals surface area contributed by atoms with Gasteiger partial charge in [-0.25, -0.2) is 0 Å². The molecule has 0 radical (unpaired) electrons. The molecule has 0 unspecified atom stereocenters. The quantitative estimate of drug-likeness (QED) is 0.390. The average Bonchev–Trinajstić information content (AvgIpc) is 2.15. The molecule has 0 saturated carbocycles. The number of nitrogens with zero attached hydrogens (tertiary/aromatic N) is 1. The Morgan fingerprint density at radius 3 is 2.58 bits per heavy atom. The summed E-state index contributed by atoms with van der Waals surface area (Å²) in [7, 11) is 0. The molecule has 0 aliphatic rings. The van der Waals surface area contributed by atoms with Crippen molar-refractivity contribution in [3.05, 3.63) is 46.9 Å². The molecular weight excluding hydrogens is 154 g/mol. The normalized spacial score (nSPS) is 10.9. The van der Waals surface area contributed by atoms with E-state index in [0.29, 0.717) is 5.76 Å². The topological polar surface area (TPSA) is 38.7 Å². The maximum atomic E-state index is 9.83. The Bertz CT molecular complexity index is 280. The molecule has 0 atom stereocenters. The summed E-state index contributed by atoms with van der Waals surface area (Å²) < 4.78 is 0. The summed E-state index contributed by atoms with van der Waals surface area (Å²) in [6.45, 7) is 1.79. The predicted octanol–water partition coefficient (Wildman–Crippen LogP) is 2.75. The first-order chi connectivity index (χ1) is 5.88. The van der Waals surface area contributed by atoms with Gasteiger partial charge in [0.1, 0.15) is 0 Å². The van der Waals surface area contributed by atoms with Gasteiger partial charge in [0.25, 0.3) is 0 Å². The van der Waals surface area contributed by atoms with Gasteiger partial charge in [-0.1, -0.05) is 30.3 Å². The van der Waals surface area contributed by atoms with Crippen LogP contribution in [0.3, 0.4) is 0 Å². The minimum absolute atomic E-state index is 0.477. The van der Waals surface area contributed by atoms with Crippen molar-refractivity contribution in [2.45, 2.75) is 6.92 Å². The molecule has 0 saturated heterocycles. The summed E-state index contributed by atoms with van der Waals surface area (Å²) in [4.78, 5) is 14.3. The molecule has 3 heteroatoms. The second kappa shape index (κ2) is 4.28. The maximum absolute atomic E-state index is 9.83. The van der Waals surface area contributed by atoms with Crippen LogP contribution in [0.2, 0.25) is 0 Å². The van der Waals surface area contributed by atoms with E-state index in [-0.39, 0.29) is 0 Å². The molecule has 0 N–H and O–H groups in total. The molecule has 0 amide bonds. The van der Waals surface area contributed by atoms with Gasteiger partial charge in [-0.15, -0.1) is 4.91 Å². The molecule has 0 spiro atoms. The van der Waals surface area contributed by atoms with Crippen molar-refractivity contribution < 1.29 is 4.84 Å². The first-order valence-corrected chi connectivity index (χ1v) is 3.60. The summed E-state index contributed by atoms with van der Waals surface area (Å²) >= 11 is 0. The number of hydrogen-bond donors (Lipinski definition) is 0.